The molecule has 152 valence electrons. The van der Waals surface area contributed by atoms with E-state index in [0.717, 1.165) is 57.9 Å². The lowest BCUT2D eigenvalue weighted by atomic mass is 10.0. The van der Waals surface area contributed by atoms with Gasteiger partial charge in [0.1, 0.15) is 0 Å². The molecule has 3 aliphatic rings. The minimum absolute atomic E-state index is 0.00525. The van der Waals surface area contributed by atoms with Crippen molar-refractivity contribution in [2.45, 2.75) is 56.7 Å². The van der Waals surface area contributed by atoms with Crippen LogP contribution in [-0.4, -0.2) is 72.5 Å². The first-order chi connectivity index (χ1) is 13.7. The van der Waals surface area contributed by atoms with E-state index in [-0.39, 0.29) is 17.9 Å². The maximum Gasteiger partial charge on any atom is 0.251 e. The number of carbonyl (C=O) groups excluding carboxylic acids is 2. The monoisotopic (exact) mass is 384 g/mol. The molecule has 2 N–H and O–H groups in total. The SMILES string of the molecule is O=C(CN1CCC(NC(=O)c2ccccc2)CC1)NC1CCN(C2CC2)CC1. The van der Waals surface area contributed by atoms with E-state index in [1.807, 2.05) is 30.3 Å². The highest BCUT2D eigenvalue weighted by Crippen LogP contribution is 2.29. The predicted octanol–water partition coefficient (Wildman–Crippen LogP) is 1.62. The van der Waals surface area contributed by atoms with Gasteiger partial charge in [-0.05, 0) is 50.7 Å². The van der Waals surface area contributed by atoms with Crippen molar-refractivity contribution in [3.63, 3.8) is 0 Å². The second-order valence-electron chi connectivity index (χ2n) is 8.50. The number of likely N-dealkylation sites (tertiary alicyclic amines) is 2. The molecular formula is C22H32N4O2. The van der Waals surface area contributed by atoms with E-state index in [0.29, 0.717) is 18.2 Å². The summed E-state index contributed by atoms with van der Waals surface area (Å²) in [5.41, 5.74) is 0.706. The molecule has 2 amide bonds. The number of nitrogens with zero attached hydrogens (tertiary/aromatic N) is 2. The van der Waals surface area contributed by atoms with Gasteiger partial charge in [-0.3, -0.25) is 14.5 Å². The van der Waals surface area contributed by atoms with Crippen molar-refractivity contribution in [1.82, 2.24) is 20.4 Å². The number of amides is 2. The average molecular weight is 385 g/mol. The largest absolute Gasteiger partial charge is 0.352 e. The quantitative estimate of drug-likeness (QED) is 0.782. The average Bonchev–Trinajstić information content (AvgIpc) is 3.56. The van der Waals surface area contributed by atoms with Crippen LogP contribution in [0.1, 0.15) is 48.9 Å². The van der Waals surface area contributed by atoms with Gasteiger partial charge in [0, 0.05) is 49.9 Å². The van der Waals surface area contributed by atoms with Gasteiger partial charge in [-0.25, -0.2) is 0 Å². The molecule has 0 aromatic heterocycles. The minimum Gasteiger partial charge on any atom is -0.352 e. The van der Waals surface area contributed by atoms with E-state index in [9.17, 15) is 9.59 Å². The molecule has 0 unspecified atom stereocenters. The van der Waals surface area contributed by atoms with Gasteiger partial charge < -0.3 is 15.5 Å². The summed E-state index contributed by atoms with van der Waals surface area (Å²) in [5.74, 6) is 0.144. The molecule has 2 aliphatic heterocycles. The molecule has 1 aromatic rings. The Balaban J connectivity index is 1.13. The Kier molecular flexibility index (Phi) is 6.27. The van der Waals surface area contributed by atoms with Gasteiger partial charge in [0.05, 0.1) is 6.54 Å². The second kappa shape index (κ2) is 9.05. The van der Waals surface area contributed by atoms with Crippen molar-refractivity contribution < 1.29 is 9.59 Å². The Morgan fingerprint density at radius 1 is 0.821 bits per heavy atom. The molecule has 0 bridgehead atoms. The van der Waals surface area contributed by atoms with E-state index in [1.165, 1.54) is 12.8 Å². The lowest BCUT2D eigenvalue weighted by molar-refractivity contribution is -0.123. The summed E-state index contributed by atoms with van der Waals surface area (Å²) in [5, 5.41) is 6.36. The van der Waals surface area contributed by atoms with Crippen molar-refractivity contribution in [2.24, 2.45) is 0 Å². The van der Waals surface area contributed by atoms with Crippen molar-refractivity contribution in [1.29, 1.82) is 0 Å². The molecule has 1 saturated carbocycles. The first-order valence-corrected chi connectivity index (χ1v) is 10.8. The first-order valence-electron chi connectivity index (χ1n) is 10.8. The Hall–Kier alpha value is -1.92. The van der Waals surface area contributed by atoms with Gasteiger partial charge in [-0.15, -0.1) is 0 Å². The molecule has 2 heterocycles. The Bertz CT molecular complexity index is 660. The van der Waals surface area contributed by atoms with Crippen LogP contribution in [0.25, 0.3) is 0 Å². The van der Waals surface area contributed by atoms with Gasteiger partial charge in [-0.1, -0.05) is 18.2 Å². The van der Waals surface area contributed by atoms with Crippen LogP contribution < -0.4 is 10.6 Å². The standard InChI is InChI=1S/C22H32N4O2/c27-21(23-18-10-14-26(15-11-18)20-6-7-20)16-25-12-8-19(9-13-25)24-22(28)17-4-2-1-3-5-17/h1-5,18-20H,6-16H2,(H,23,27)(H,24,28). The fourth-order valence-electron chi connectivity index (χ4n) is 4.42. The van der Waals surface area contributed by atoms with Gasteiger partial charge in [-0.2, -0.15) is 0 Å². The topological polar surface area (TPSA) is 64.7 Å². The Morgan fingerprint density at radius 2 is 1.43 bits per heavy atom. The summed E-state index contributed by atoms with van der Waals surface area (Å²) in [6.07, 6.45) is 6.67. The van der Waals surface area contributed by atoms with Crippen LogP contribution in [0.15, 0.2) is 30.3 Å². The van der Waals surface area contributed by atoms with E-state index in [1.54, 1.807) is 0 Å². The number of nitrogens with one attached hydrogen (secondary N) is 2. The van der Waals surface area contributed by atoms with Crippen LogP contribution >= 0.6 is 0 Å². The van der Waals surface area contributed by atoms with Crippen LogP contribution in [-0.2, 0) is 4.79 Å². The van der Waals surface area contributed by atoms with Crippen LogP contribution in [0.3, 0.4) is 0 Å². The van der Waals surface area contributed by atoms with Crippen molar-refractivity contribution in [3.05, 3.63) is 35.9 Å². The highest BCUT2D eigenvalue weighted by molar-refractivity contribution is 5.94. The zero-order chi connectivity index (χ0) is 19.3. The third-order valence-corrected chi connectivity index (χ3v) is 6.28. The van der Waals surface area contributed by atoms with Crippen molar-refractivity contribution in [3.8, 4) is 0 Å². The molecule has 1 aromatic carbocycles. The van der Waals surface area contributed by atoms with Crippen molar-refractivity contribution >= 4 is 11.8 Å². The summed E-state index contributed by atoms with van der Waals surface area (Å²) < 4.78 is 0. The maximum atomic E-state index is 12.4. The molecule has 28 heavy (non-hydrogen) atoms. The number of carbonyl (C=O) groups is 2. The molecule has 3 fully saturated rings. The van der Waals surface area contributed by atoms with E-state index in [4.69, 9.17) is 0 Å². The zero-order valence-electron chi connectivity index (χ0n) is 16.6. The highest BCUT2D eigenvalue weighted by atomic mass is 16.2. The summed E-state index contributed by atoms with van der Waals surface area (Å²) >= 11 is 0. The molecule has 6 heteroatoms. The van der Waals surface area contributed by atoms with Crippen LogP contribution in [0.4, 0.5) is 0 Å². The molecule has 2 saturated heterocycles. The number of rotatable bonds is 6. The third kappa shape index (κ3) is 5.32. The fraction of sp³-hybridized carbons (Fsp3) is 0.636. The van der Waals surface area contributed by atoms with Gasteiger partial charge in [0.15, 0.2) is 0 Å². The zero-order valence-corrected chi connectivity index (χ0v) is 16.6. The number of benzene rings is 1. The molecular weight excluding hydrogens is 352 g/mol. The number of hydrogen-bond acceptors (Lipinski definition) is 4. The fourth-order valence-corrected chi connectivity index (χ4v) is 4.42. The normalized spacial score (nSPS) is 22.7. The maximum absolute atomic E-state index is 12.4. The van der Waals surface area contributed by atoms with Crippen LogP contribution in [0.2, 0.25) is 0 Å². The van der Waals surface area contributed by atoms with Gasteiger partial charge in [0.2, 0.25) is 5.91 Å². The van der Waals surface area contributed by atoms with Crippen LogP contribution in [0, 0.1) is 0 Å². The van der Waals surface area contributed by atoms with E-state index in [2.05, 4.69) is 20.4 Å². The number of piperidine rings is 2. The summed E-state index contributed by atoms with van der Waals surface area (Å²) in [6.45, 7) is 4.44. The van der Waals surface area contributed by atoms with E-state index < -0.39 is 0 Å². The molecule has 1 aliphatic carbocycles. The second-order valence-corrected chi connectivity index (χ2v) is 8.50. The van der Waals surface area contributed by atoms with Gasteiger partial charge >= 0.3 is 0 Å². The molecule has 0 spiro atoms. The molecule has 0 atom stereocenters. The Labute approximate surface area is 167 Å². The summed E-state index contributed by atoms with van der Waals surface area (Å²) in [7, 11) is 0. The predicted molar refractivity (Wildman–Crippen MR) is 109 cm³/mol. The third-order valence-electron chi connectivity index (χ3n) is 6.28. The number of hydrogen-bond donors (Lipinski definition) is 2. The molecule has 4 rings (SSSR count). The molecule has 0 radical (unpaired) electrons. The highest BCUT2D eigenvalue weighted by Gasteiger charge is 2.32. The minimum atomic E-state index is -0.00525. The first kappa shape index (κ1) is 19.4. The lowest BCUT2D eigenvalue weighted by Gasteiger charge is -2.34. The lowest BCUT2D eigenvalue weighted by Crippen LogP contribution is -2.50. The van der Waals surface area contributed by atoms with Gasteiger partial charge in [0.25, 0.3) is 5.91 Å². The summed E-state index contributed by atoms with van der Waals surface area (Å²) in [4.78, 5) is 29.5. The summed E-state index contributed by atoms with van der Waals surface area (Å²) in [6, 6.07) is 10.7. The van der Waals surface area contributed by atoms with E-state index >= 15 is 0 Å². The molecule has 6 nitrogen and oxygen atoms in total. The Morgan fingerprint density at radius 3 is 2.07 bits per heavy atom. The van der Waals surface area contributed by atoms with Crippen LogP contribution in [0.5, 0.6) is 0 Å². The van der Waals surface area contributed by atoms with Crippen molar-refractivity contribution in [2.75, 3.05) is 32.7 Å². The smallest absolute Gasteiger partial charge is 0.251 e.